The molecule has 0 saturated carbocycles. The van der Waals surface area contributed by atoms with Crippen LogP contribution in [0.3, 0.4) is 0 Å². The van der Waals surface area contributed by atoms with Crippen LogP contribution in [0.25, 0.3) is 0 Å². The molecular formula is C14H12FNO3S. The van der Waals surface area contributed by atoms with E-state index in [0.717, 1.165) is 11.8 Å². The Morgan fingerprint density at radius 3 is 2.50 bits per heavy atom. The van der Waals surface area contributed by atoms with E-state index in [0.29, 0.717) is 9.79 Å². The number of halogens is 1. The fourth-order valence-corrected chi connectivity index (χ4v) is 2.98. The number of hydrogen-bond acceptors (Lipinski definition) is 4. The third-order valence-electron chi connectivity index (χ3n) is 2.71. The summed E-state index contributed by atoms with van der Waals surface area (Å²) in [5.41, 5.74) is 0.106. The molecule has 0 unspecified atom stereocenters. The van der Waals surface area contributed by atoms with Crippen LogP contribution < -0.4 is 0 Å². The molecular weight excluding hydrogens is 281 g/mol. The molecule has 2 aromatic rings. The maximum atomic E-state index is 13.8. The zero-order chi connectivity index (χ0) is 14.7. The maximum absolute atomic E-state index is 13.8. The molecule has 104 valence electrons. The Hall–Kier alpha value is -1.92. The number of aliphatic hydroxyl groups excluding tert-OH is 1. The third kappa shape index (κ3) is 2.97. The molecule has 0 heterocycles. The van der Waals surface area contributed by atoms with Gasteiger partial charge in [0.15, 0.2) is 0 Å². The fourth-order valence-electron chi connectivity index (χ4n) is 1.82. The van der Waals surface area contributed by atoms with Gasteiger partial charge in [0.1, 0.15) is 5.82 Å². The molecule has 0 fully saturated rings. The normalized spacial score (nSPS) is 12.2. The van der Waals surface area contributed by atoms with Crippen molar-refractivity contribution in [3.05, 3.63) is 64.0 Å². The van der Waals surface area contributed by atoms with E-state index in [1.807, 2.05) is 0 Å². The van der Waals surface area contributed by atoms with Gasteiger partial charge in [-0.2, -0.15) is 0 Å². The maximum Gasteiger partial charge on any atom is 0.283 e. The fraction of sp³-hybridized carbons (Fsp3) is 0.143. The second kappa shape index (κ2) is 6.02. The van der Waals surface area contributed by atoms with Crippen LogP contribution in [0.15, 0.2) is 52.3 Å². The van der Waals surface area contributed by atoms with E-state index < -0.39 is 16.8 Å². The molecule has 0 radical (unpaired) electrons. The van der Waals surface area contributed by atoms with Crippen LogP contribution in [-0.2, 0) is 0 Å². The van der Waals surface area contributed by atoms with Gasteiger partial charge in [-0.1, -0.05) is 30.0 Å². The van der Waals surface area contributed by atoms with Gasteiger partial charge in [-0.05, 0) is 25.1 Å². The third-order valence-corrected chi connectivity index (χ3v) is 3.85. The van der Waals surface area contributed by atoms with E-state index in [4.69, 9.17) is 0 Å². The highest BCUT2D eigenvalue weighted by Crippen LogP contribution is 2.38. The van der Waals surface area contributed by atoms with E-state index in [9.17, 15) is 19.6 Å². The Morgan fingerprint density at radius 1 is 1.20 bits per heavy atom. The zero-order valence-corrected chi connectivity index (χ0v) is 11.4. The minimum Gasteiger partial charge on any atom is -0.389 e. The van der Waals surface area contributed by atoms with Crippen molar-refractivity contribution in [1.29, 1.82) is 0 Å². The quantitative estimate of drug-likeness (QED) is 0.685. The monoisotopic (exact) mass is 293 g/mol. The number of nitro groups is 1. The Kier molecular flexibility index (Phi) is 4.36. The van der Waals surface area contributed by atoms with E-state index in [1.165, 1.54) is 25.1 Å². The van der Waals surface area contributed by atoms with E-state index in [-0.39, 0.29) is 11.3 Å². The molecule has 0 amide bonds. The lowest BCUT2D eigenvalue weighted by atomic mass is 10.1. The molecule has 0 aliphatic carbocycles. The second-order valence-corrected chi connectivity index (χ2v) is 5.24. The number of para-hydroxylation sites is 1. The van der Waals surface area contributed by atoms with Crippen molar-refractivity contribution < 1.29 is 14.4 Å². The van der Waals surface area contributed by atoms with Gasteiger partial charge < -0.3 is 5.11 Å². The smallest absolute Gasteiger partial charge is 0.283 e. The first-order valence-electron chi connectivity index (χ1n) is 5.88. The Morgan fingerprint density at radius 2 is 1.85 bits per heavy atom. The van der Waals surface area contributed by atoms with Gasteiger partial charge in [-0.25, -0.2) is 4.39 Å². The first-order chi connectivity index (χ1) is 9.50. The van der Waals surface area contributed by atoms with Crippen LogP contribution in [0.2, 0.25) is 0 Å². The number of aliphatic hydroxyl groups is 1. The Balaban J connectivity index is 2.46. The average molecular weight is 293 g/mol. The molecule has 0 aromatic heterocycles. The summed E-state index contributed by atoms with van der Waals surface area (Å²) in [7, 11) is 0. The molecule has 2 rings (SSSR count). The standard InChI is InChI=1S/C14H12FNO3S/c1-9(17)14-10(15)5-4-8-13(14)20-12-7-3-2-6-11(12)16(18)19/h2-9,17H,1H3/t9-/m1/s1. The zero-order valence-electron chi connectivity index (χ0n) is 10.6. The molecule has 0 aliphatic rings. The van der Waals surface area contributed by atoms with Crippen LogP contribution in [0.1, 0.15) is 18.6 Å². The highest BCUT2D eigenvalue weighted by molar-refractivity contribution is 7.99. The van der Waals surface area contributed by atoms with Gasteiger partial charge in [0.2, 0.25) is 0 Å². The summed E-state index contributed by atoms with van der Waals surface area (Å²) in [6.45, 7) is 1.46. The van der Waals surface area contributed by atoms with Crippen molar-refractivity contribution >= 4 is 17.4 Å². The summed E-state index contributed by atoms with van der Waals surface area (Å²) in [5, 5.41) is 20.6. The number of benzene rings is 2. The molecule has 0 bridgehead atoms. The van der Waals surface area contributed by atoms with Gasteiger partial charge in [0.25, 0.3) is 5.69 Å². The summed E-state index contributed by atoms with van der Waals surface area (Å²) >= 11 is 1.07. The Labute approximate surface area is 119 Å². The summed E-state index contributed by atoms with van der Waals surface area (Å²) in [6.07, 6.45) is -0.985. The van der Waals surface area contributed by atoms with Gasteiger partial charge in [-0.3, -0.25) is 10.1 Å². The van der Waals surface area contributed by atoms with Gasteiger partial charge >= 0.3 is 0 Å². The van der Waals surface area contributed by atoms with Crippen molar-refractivity contribution in [3.8, 4) is 0 Å². The van der Waals surface area contributed by atoms with Crippen LogP contribution in [-0.4, -0.2) is 10.0 Å². The van der Waals surface area contributed by atoms with Crippen LogP contribution >= 0.6 is 11.8 Å². The highest BCUT2D eigenvalue weighted by Gasteiger charge is 2.18. The molecule has 4 nitrogen and oxygen atoms in total. The number of hydrogen-bond donors (Lipinski definition) is 1. The van der Waals surface area contributed by atoms with Crippen LogP contribution in [0.4, 0.5) is 10.1 Å². The molecule has 0 spiro atoms. The summed E-state index contributed by atoms with van der Waals surface area (Å²) < 4.78 is 13.8. The first kappa shape index (κ1) is 14.5. The number of nitro benzene ring substituents is 1. The lowest BCUT2D eigenvalue weighted by molar-refractivity contribution is -0.387. The van der Waals surface area contributed by atoms with Gasteiger partial charge in [-0.15, -0.1) is 0 Å². The molecule has 0 saturated heterocycles. The summed E-state index contributed by atoms with van der Waals surface area (Å²) in [6, 6.07) is 10.6. The predicted octanol–water partition coefficient (Wildman–Crippen LogP) is 3.94. The van der Waals surface area contributed by atoms with E-state index in [1.54, 1.807) is 24.3 Å². The SMILES string of the molecule is C[C@@H](O)c1c(F)cccc1Sc1ccccc1[N+](=O)[O-]. The molecule has 1 atom stereocenters. The van der Waals surface area contributed by atoms with Crippen LogP contribution in [0.5, 0.6) is 0 Å². The predicted molar refractivity (Wildman–Crippen MR) is 74.3 cm³/mol. The molecule has 2 aromatic carbocycles. The van der Waals surface area contributed by atoms with E-state index in [2.05, 4.69) is 0 Å². The van der Waals surface area contributed by atoms with E-state index >= 15 is 0 Å². The van der Waals surface area contributed by atoms with Crippen molar-refractivity contribution in [1.82, 2.24) is 0 Å². The number of rotatable bonds is 4. The van der Waals surface area contributed by atoms with Crippen molar-refractivity contribution in [3.63, 3.8) is 0 Å². The summed E-state index contributed by atoms with van der Waals surface area (Å²) in [5.74, 6) is -0.524. The number of nitrogens with zero attached hydrogens (tertiary/aromatic N) is 1. The van der Waals surface area contributed by atoms with Crippen molar-refractivity contribution in [2.24, 2.45) is 0 Å². The second-order valence-electron chi connectivity index (χ2n) is 4.15. The minimum absolute atomic E-state index is 0.0432. The van der Waals surface area contributed by atoms with Gasteiger partial charge in [0.05, 0.1) is 15.9 Å². The largest absolute Gasteiger partial charge is 0.389 e. The summed E-state index contributed by atoms with van der Waals surface area (Å²) in [4.78, 5) is 11.4. The van der Waals surface area contributed by atoms with Crippen LogP contribution in [0, 0.1) is 15.9 Å². The van der Waals surface area contributed by atoms with Crippen molar-refractivity contribution in [2.75, 3.05) is 0 Å². The topological polar surface area (TPSA) is 63.4 Å². The average Bonchev–Trinajstić information content (AvgIpc) is 2.38. The Bertz CT molecular complexity index is 646. The van der Waals surface area contributed by atoms with Gasteiger partial charge in [0, 0.05) is 16.5 Å². The minimum atomic E-state index is -0.985. The highest BCUT2D eigenvalue weighted by atomic mass is 32.2. The lowest BCUT2D eigenvalue weighted by Crippen LogP contribution is -1.99. The first-order valence-corrected chi connectivity index (χ1v) is 6.70. The lowest BCUT2D eigenvalue weighted by Gasteiger charge is -2.12. The molecule has 0 aliphatic heterocycles. The molecule has 6 heteroatoms. The van der Waals surface area contributed by atoms with Crippen molar-refractivity contribution in [2.45, 2.75) is 22.8 Å². The molecule has 20 heavy (non-hydrogen) atoms. The molecule has 1 N–H and O–H groups in total.